The fourth-order valence-corrected chi connectivity index (χ4v) is 2.95. The van der Waals surface area contributed by atoms with Crippen molar-refractivity contribution in [1.29, 1.82) is 0 Å². The second-order valence-electron chi connectivity index (χ2n) is 5.00. The number of aryl methyl sites for hydroxylation is 1. The maximum absolute atomic E-state index is 5.22. The van der Waals surface area contributed by atoms with Crippen molar-refractivity contribution in [2.75, 3.05) is 6.54 Å². The van der Waals surface area contributed by atoms with Crippen LogP contribution in [-0.4, -0.2) is 31.3 Å². The van der Waals surface area contributed by atoms with Crippen molar-refractivity contribution in [3.8, 4) is 11.6 Å². The molecule has 0 saturated carbocycles. The SMILES string of the molecule is Cc1nn2cc(CCNCc3nc(-c4ccco4)no3)nc2s1. The molecule has 0 aliphatic heterocycles. The Hall–Kier alpha value is -2.52. The molecule has 23 heavy (non-hydrogen) atoms. The third-order valence-corrected chi connectivity index (χ3v) is 4.08. The second kappa shape index (κ2) is 5.94. The number of nitrogens with one attached hydrogen (secondary N) is 1. The van der Waals surface area contributed by atoms with E-state index < -0.39 is 0 Å². The maximum atomic E-state index is 5.22. The Balaban J connectivity index is 1.29. The summed E-state index contributed by atoms with van der Waals surface area (Å²) in [6, 6.07) is 3.58. The molecule has 0 unspecified atom stereocenters. The molecular weight excluding hydrogens is 316 g/mol. The van der Waals surface area contributed by atoms with E-state index in [4.69, 9.17) is 8.94 Å². The quantitative estimate of drug-likeness (QED) is 0.541. The van der Waals surface area contributed by atoms with E-state index in [1.807, 2.05) is 17.6 Å². The molecule has 0 saturated heterocycles. The molecule has 4 aromatic heterocycles. The molecule has 8 nitrogen and oxygen atoms in total. The van der Waals surface area contributed by atoms with Crippen molar-refractivity contribution >= 4 is 16.3 Å². The zero-order valence-electron chi connectivity index (χ0n) is 12.4. The van der Waals surface area contributed by atoms with E-state index in [2.05, 4.69) is 25.5 Å². The van der Waals surface area contributed by atoms with Gasteiger partial charge in [0.25, 0.3) is 0 Å². The van der Waals surface area contributed by atoms with Crippen molar-refractivity contribution in [3.05, 3.63) is 41.2 Å². The van der Waals surface area contributed by atoms with E-state index in [1.165, 1.54) is 0 Å². The van der Waals surface area contributed by atoms with Gasteiger partial charge in [-0.15, -0.1) is 0 Å². The molecule has 4 aromatic rings. The van der Waals surface area contributed by atoms with Gasteiger partial charge in [-0.25, -0.2) is 9.50 Å². The highest BCUT2D eigenvalue weighted by molar-refractivity contribution is 7.16. The number of hydrogen-bond acceptors (Lipinski definition) is 8. The second-order valence-corrected chi connectivity index (χ2v) is 6.16. The van der Waals surface area contributed by atoms with E-state index in [0.29, 0.717) is 24.0 Å². The van der Waals surface area contributed by atoms with E-state index in [-0.39, 0.29) is 0 Å². The fraction of sp³-hybridized carbons (Fsp3) is 0.286. The Morgan fingerprint density at radius 2 is 2.30 bits per heavy atom. The van der Waals surface area contributed by atoms with Gasteiger partial charge in [0.15, 0.2) is 5.76 Å². The van der Waals surface area contributed by atoms with Crippen LogP contribution in [0.25, 0.3) is 16.5 Å². The number of hydrogen-bond donors (Lipinski definition) is 1. The van der Waals surface area contributed by atoms with Gasteiger partial charge in [0, 0.05) is 13.0 Å². The highest BCUT2D eigenvalue weighted by atomic mass is 32.1. The smallest absolute Gasteiger partial charge is 0.241 e. The summed E-state index contributed by atoms with van der Waals surface area (Å²) >= 11 is 1.59. The molecule has 0 amide bonds. The summed E-state index contributed by atoms with van der Waals surface area (Å²) in [4.78, 5) is 9.73. The Labute approximate surface area is 135 Å². The Kier molecular flexibility index (Phi) is 3.64. The molecule has 0 fully saturated rings. The van der Waals surface area contributed by atoms with E-state index in [1.54, 1.807) is 29.7 Å². The normalized spacial score (nSPS) is 11.5. The number of rotatable bonds is 6. The average Bonchev–Trinajstić information content (AvgIpc) is 3.27. The van der Waals surface area contributed by atoms with Crippen molar-refractivity contribution in [1.82, 2.24) is 30.1 Å². The summed E-state index contributed by atoms with van der Waals surface area (Å²) in [5, 5.41) is 12.5. The Morgan fingerprint density at radius 1 is 1.35 bits per heavy atom. The van der Waals surface area contributed by atoms with Crippen molar-refractivity contribution in [3.63, 3.8) is 0 Å². The standard InChI is InChI=1S/C14H14N6O2S/c1-9-18-20-8-10(16-14(20)23-9)4-5-15-7-12-17-13(19-22-12)11-3-2-6-21-11/h2-3,6,8,15H,4-5,7H2,1H3. The van der Waals surface area contributed by atoms with Crippen LogP contribution in [0.2, 0.25) is 0 Å². The molecule has 0 spiro atoms. The highest BCUT2D eigenvalue weighted by Crippen LogP contribution is 2.16. The maximum Gasteiger partial charge on any atom is 0.241 e. The summed E-state index contributed by atoms with van der Waals surface area (Å²) < 4.78 is 12.2. The topological polar surface area (TPSA) is 94.3 Å². The van der Waals surface area contributed by atoms with Gasteiger partial charge in [-0.05, 0) is 19.1 Å². The molecule has 118 valence electrons. The lowest BCUT2D eigenvalue weighted by atomic mass is 10.3. The van der Waals surface area contributed by atoms with Gasteiger partial charge in [0.05, 0.1) is 24.7 Å². The van der Waals surface area contributed by atoms with Gasteiger partial charge >= 0.3 is 0 Å². The molecule has 0 radical (unpaired) electrons. The molecule has 4 rings (SSSR count). The zero-order chi connectivity index (χ0) is 15.6. The molecule has 0 atom stereocenters. The van der Waals surface area contributed by atoms with Crippen LogP contribution < -0.4 is 5.32 Å². The molecule has 0 aromatic carbocycles. The minimum absolute atomic E-state index is 0.461. The van der Waals surface area contributed by atoms with Crippen LogP contribution in [0.15, 0.2) is 33.5 Å². The van der Waals surface area contributed by atoms with Gasteiger partial charge in [-0.2, -0.15) is 10.1 Å². The van der Waals surface area contributed by atoms with Crippen molar-refractivity contribution in [2.45, 2.75) is 19.9 Å². The summed E-state index contributed by atoms with van der Waals surface area (Å²) in [5.74, 6) is 1.59. The molecular formula is C14H14N6O2S. The van der Waals surface area contributed by atoms with Crippen LogP contribution in [0, 0.1) is 6.92 Å². The third-order valence-electron chi connectivity index (χ3n) is 3.24. The molecule has 0 aliphatic rings. The van der Waals surface area contributed by atoms with Crippen LogP contribution in [0.5, 0.6) is 0 Å². The first-order chi connectivity index (χ1) is 11.3. The first-order valence-corrected chi connectivity index (χ1v) is 7.98. The lowest BCUT2D eigenvalue weighted by Gasteiger charge is -1.98. The summed E-state index contributed by atoms with van der Waals surface area (Å²) in [6.45, 7) is 3.25. The van der Waals surface area contributed by atoms with Gasteiger partial charge in [0.2, 0.25) is 16.7 Å². The Morgan fingerprint density at radius 3 is 3.13 bits per heavy atom. The van der Waals surface area contributed by atoms with Gasteiger partial charge in [-0.3, -0.25) is 0 Å². The van der Waals surface area contributed by atoms with Crippen LogP contribution >= 0.6 is 11.3 Å². The van der Waals surface area contributed by atoms with Crippen LogP contribution in [0.1, 0.15) is 16.6 Å². The number of fused-ring (bicyclic) bond motifs is 1. The van der Waals surface area contributed by atoms with Crippen LogP contribution in [0.4, 0.5) is 0 Å². The molecule has 0 aliphatic carbocycles. The number of imidazole rings is 1. The number of aromatic nitrogens is 5. The largest absolute Gasteiger partial charge is 0.461 e. The first-order valence-electron chi connectivity index (χ1n) is 7.17. The first kappa shape index (κ1) is 14.1. The van der Waals surface area contributed by atoms with Crippen molar-refractivity contribution in [2.24, 2.45) is 0 Å². The number of nitrogens with zero attached hydrogens (tertiary/aromatic N) is 5. The molecule has 1 N–H and O–H groups in total. The molecule has 4 heterocycles. The van der Waals surface area contributed by atoms with Gasteiger partial charge in [0.1, 0.15) is 5.01 Å². The third kappa shape index (κ3) is 3.01. The minimum atomic E-state index is 0.461. The van der Waals surface area contributed by atoms with E-state index in [0.717, 1.165) is 28.6 Å². The van der Waals surface area contributed by atoms with Gasteiger partial charge in [-0.1, -0.05) is 16.5 Å². The van der Waals surface area contributed by atoms with Crippen LogP contribution in [-0.2, 0) is 13.0 Å². The fourth-order valence-electron chi connectivity index (χ4n) is 2.21. The minimum Gasteiger partial charge on any atom is -0.461 e. The van der Waals surface area contributed by atoms with Gasteiger partial charge < -0.3 is 14.3 Å². The predicted molar refractivity (Wildman–Crippen MR) is 83.0 cm³/mol. The highest BCUT2D eigenvalue weighted by Gasteiger charge is 2.10. The van der Waals surface area contributed by atoms with E-state index >= 15 is 0 Å². The van der Waals surface area contributed by atoms with Crippen molar-refractivity contribution < 1.29 is 8.94 Å². The molecule has 0 bridgehead atoms. The monoisotopic (exact) mass is 330 g/mol. The molecule has 9 heteroatoms. The lowest BCUT2D eigenvalue weighted by molar-refractivity contribution is 0.367. The van der Waals surface area contributed by atoms with E-state index in [9.17, 15) is 0 Å². The summed E-state index contributed by atoms with van der Waals surface area (Å²) in [6.07, 6.45) is 4.35. The summed E-state index contributed by atoms with van der Waals surface area (Å²) in [7, 11) is 0. The average molecular weight is 330 g/mol. The zero-order valence-corrected chi connectivity index (χ0v) is 13.2. The summed E-state index contributed by atoms with van der Waals surface area (Å²) in [5.41, 5.74) is 1.01. The Bertz CT molecular complexity index is 876. The lowest BCUT2D eigenvalue weighted by Crippen LogP contribution is -2.17. The predicted octanol–water partition coefficient (Wildman–Crippen LogP) is 2.07. The van der Waals surface area contributed by atoms with Crippen LogP contribution in [0.3, 0.4) is 0 Å². The number of furan rings is 1.